The molecular formula is C16H22N2OS. The molecule has 2 aromatic rings. The lowest BCUT2D eigenvalue weighted by atomic mass is 10.1. The summed E-state index contributed by atoms with van der Waals surface area (Å²) in [6, 6.07) is 5.08. The van der Waals surface area contributed by atoms with Crippen molar-refractivity contribution in [2.45, 2.75) is 52.1 Å². The van der Waals surface area contributed by atoms with Crippen LogP contribution in [0.4, 0.5) is 0 Å². The van der Waals surface area contributed by atoms with Crippen LogP contribution in [0.1, 0.15) is 59.9 Å². The monoisotopic (exact) mass is 290 g/mol. The lowest BCUT2D eigenvalue weighted by Gasteiger charge is -2.23. The van der Waals surface area contributed by atoms with Crippen LogP contribution in [-0.4, -0.2) is 16.4 Å². The predicted molar refractivity (Wildman–Crippen MR) is 82.0 cm³/mol. The van der Waals surface area contributed by atoms with E-state index in [0.29, 0.717) is 12.0 Å². The molecule has 0 amide bonds. The van der Waals surface area contributed by atoms with Gasteiger partial charge in [0.2, 0.25) is 0 Å². The second-order valence-corrected chi connectivity index (χ2v) is 7.21. The molecule has 0 bridgehead atoms. The SMILES string of the molecule is Cc1ccc(C2CCCN2Cc2ncoc2C(C)C)s1. The largest absolute Gasteiger partial charge is 0.448 e. The Balaban J connectivity index is 1.77. The molecule has 3 heterocycles. The van der Waals surface area contributed by atoms with Gasteiger partial charge in [0.05, 0.1) is 5.69 Å². The molecule has 1 fully saturated rings. The summed E-state index contributed by atoms with van der Waals surface area (Å²) < 4.78 is 5.55. The van der Waals surface area contributed by atoms with E-state index < -0.39 is 0 Å². The molecule has 1 saturated heterocycles. The third-order valence-electron chi connectivity index (χ3n) is 4.00. The number of nitrogens with zero attached hydrogens (tertiary/aromatic N) is 2. The number of hydrogen-bond donors (Lipinski definition) is 0. The summed E-state index contributed by atoms with van der Waals surface area (Å²) in [5, 5.41) is 0. The third-order valence-corrected chi connectivity index (χ3v) is 5.11. The predicted octanol–water partition coefficient (Wildman–Crippen LogP) is 4.51. The Labute approximate surface area is 124 Å². The molecule has 3 nitrogen and oxygen atoms in total. The van der Waals surface area contributed by atoms with Crippen LogP contribution in [0.25, 0.3) is 0 Å². The highest BCUT2D eigenvalue weighted by atomic mass is 32.1. The third kappa shape index (κ3) is 2.67. The topological polar surface area (TPSA) is 29.3 Å². The maximum atomic E-state index is 5.55. The first-order valence-corrected chi connectivity index (χ1v) is 8.19. The van der Waals surface area contributed by atoms with E-state index >= 15 is 0 Å². The number of oxazole rings is 1. The summed E-state index contributed by atoms with van der Waals surface area (Å²) in [6.07, 6.45) is 4.12. The van der Waals surface area contributed by atoms with E-state index in [0.717, 1.165) is 24.5 Å². The minimum absolute atomic E-state index is 0.400. The van der Waals surface area contributed by atoms with Crippen LogP contribution >= 0.6 is 11.3 Å². The van der Waals surface area contributed by atoms with Gasteiger partial charge in [0, 0.05) is 28.3 Å². The molecule has 108 valence electrons. The molecule has 20 heavy (non-hydrogen) atoms. The highest BCUT2D eigenvalue weighted by Gasteiger charge is 2.28. The van der Waals surface area contributed by atoms with E-state index in [1.54, 1.807) is 6.39 Å². The van der Waals surface area contributed by atoms with E-state index in [2.05, 4.69) is 42.8 Å². The van der Waals surface area contributed by atoms with Gasteiger partial charge in [0.1, 0.15) is 5.76 Å². The van der Waals surface area contributed by atoms with E-state index in [4.69, 9.17) is 4.42 Å². The lowest BCUT2D eigenvalue weighted by Crippen LogP contribution is -2.23. The first-order chi connectivity index (χ1) is 9.65. The number of aryl methyl sites for hydroxylation is 1. The van der Waals surface area contributed by atoms with Crippen molar-refractivity contribution < 1.29 is 4.42 Å². The maximum absolute atomic E-state index is 5.55. The summed E-state index contributed by atoms with van der Waals surface area (Å²) in [4.78, 5) is 9.87. The molecule has 0 saturated carbocycles. The number of rotatable bonds is 4. The molecule has 0 N–H and O–H groups in total. The molecule has 1 atom stereocenters. The van der Waals surface area contributed by atoms with Crippen molar-refractivity contribution in [2.24, 2.45) is 0 Å². The second kappa shape index (κ2) is 5.70. The van der Waals surface area contributed by atoms with Crippen molar-refractivity contribution in [2.75, 3.05) is 6.54 Å². The summed E-state index contributed by atoms with van der Waals surface area (Å²) in [5.74, 6) is 1.44. The fourth-order valence-corrected chi connectivity index (χ4v) is 4.08. The van der Waals surface area contributed by atoms with Crippen LogP contribution in [-0.2, 0) is 6.54 Å². The van der Waals surface area contributed by atoms with Crippen molar-refractivity contribution in [1.29, 1.82) is 0 Å². The maximum Gasteiger partial charge on any atom is 0.181 e. The van der Waals surface area contributed by atoms with Gasteiger partial charge in [-0.05, 0) is 38.4 Å². The fraction of sp³-hybridized carbons (Fsp3) is 0.562. The molecule has 1 unspecified atom stereocenters. The lowest BCUT2D eigenvalue weighted by molar-refractivity contribution is 0.246. The molecule has 2 aromatic heterocycles. The highest BCUT2D eigenvalue weighted by molar-refractivity contribution is 7.12. The van der Waals surface area contributed by atoms with Gasteiger partial charge < -0.3 is 4.42 Å². The summed E-state index contributed by atoms with van der Waals surface area (Å²) >= 11 is 1.93. The molecule has 0 spiro atoms. The van der Waals surface area contributed by atoms with Crippen LogP contribution in [0.3, 0.4) is 0 Å². The summed E-state index contributed by atoms with van der Waals surface area (Å²) in [6.45, 7) is 8.57. The van der Waals surface area contributed by atoms with Crippen LogP contribution in [0.2, 0.25) is 0 Å². The van der Waals surface area contributed by atoms with E-state index in [9.17, 15) is 0 Å². The van der Waals surface area contributed by atoms with Crippen LogP contribution in [0, 0.1) is 6.92 Å². The Morgan fingerprint density at radius 3 is 3.00 bits per heavy atom. The van der Waals surface area contributed by atoms with Crippen LogP contribution in [0.15, 0.2) is 22.9 Å². The molecule has 0 aromatic carbocycles. The first kappa shape index (κ1) is 13.8. The van der Waals surface area contributed by atoms with E-state index in [-0.39, 0.29) is 0 Å². The van der Waals surface area contributed by atoms with Crippen molar-refractivity contribution in [1.82, 2.24) is 9.88 Å². The zero-order valence-electron chi connectivity index (χ0n) is 12.4. The minimum atomic E-state index is 0.400. The molecular weight excluding hydrogens is 268 g/mol. The quantitative estimate of drug-likeness (QED) is 0.830. The van der Waals surface area contributed by atoms with Gasteiger partial charge in [-0.3, -0.25) is 4.90 Å². The summed E-state index contributed by atoms with van der Waals surface area (Å²) in [7, 11) is 0. The second-order valence-electron chi connectivity index (χ2n) is 5.89. The van der Waals surface area contributed by atoms with Gasteiger partial charge in [0.25, 0.3) is 0 Å². The highest BCUT2D eigenvalue weighted by Crippen LogP contribution is 2.37. The van der Waals surface area contributed by atoms with Gasteiger partial charge in [-0.25, -0.2) is 4.98 Å². The number of hydrogen-bond acceptors (Lipinski definition) is 4. The van der Waals surface area contributed by atoms with Crippen molar-refractivity contribution in [3.63, 3.8) is 0 Å². The van der Waals surface area contributed by atoms with Gasteiger partial charge >= 0.3 is 0 Å². The molecule has 0 radical (unpaired) electrons. The Kier molecular flexibility index (Phi) is 3.94. The van der Waals surface area contributed by atoms with E-state index in [1.807, 2.05) is 11.3 Å². The number of thiophene rings is 1. The smallest absolute Gasteiger partial charge is 0.181 e. The van der Waals surface area contributed by atoms with Gasteiger partial charge in [-0.2, -0.15) is 0 Å². The molecule has 1 aliphatic rings. The van der Waals surface area contributed by atoms with Gasteiger partial charge in [0.15, 0.2) is 6.39 Å². The van der Waals surface area contributed by atoms with Crippen LogP contribution < -0.4 is 0 Å². The average molecular weight is 290 g/mol. The molecule has 0 aliphatic carbocycles. The standard InChI is InChI=1S/C16H22N2OS/c1-11(2)16-13(17-10-19-16)9-18-8-4-5-14(18)15-7-6-12(3)20-15/h6-7,10-11,14H,4-5,8-9H2,1-3H3. The zero-order chi connectivity index (χ0) is 14.1. The zero-order valence-corrected chi connectivity index (χ0v) is 13.2. The Hall–Kier alpha value is -1.13. The molecule has 1 aliphatic heterocycles. The van der Waals surface area contributed by atoms with Gasteiger partial charge in [-0.15, -0.1) is 11.3 Å². The fourth-order valence-electron chi connectivity index (χ4n) is 3.03. The summed E-state index contributed by atoms with van der Waals surface area (Å²) in [5.41, 5.74) is 1.11. The normalized spacial score (nSPS) is 20.1. The van der Waals surface area contributed by atoms with Crippen molar-refractivity contribution >= 4 is 11.3 Å². The Bertz CT molecular complexity index is 573. The molecule has 4 heteroatoms. The number of likely N-dealkylation sites (tertiary alicyclic amines) is 1. The Morgan fingerprint density at radius 2 is 2.30 bits per heavy atom. The first-order valence-electron chi connectivity index (χ1n) is 7.38. The molecule has 3 rings (SSSR count). The van der Waals surface area contributed by atoms with Gasteiger partial charge in [-0.1, -0.05) is 13.8 Å². The minimum Gasteiger partial charge on any atom is -0.448 e. The number of aromatic nitrogens is 1. The Morgan fingerprint density at radius 1 is 1.45 bits per heavy atom. The average Bonchev–Trinajstić information content (AvgIpc) is 3.09. The van der Waals surface area contributed by atoms with Crippen LogP contribution in [0.5, 0.6) is 0 Å². The van der Waals surface area contributed by atoms with E-state index in [1.165, 1.54) is 22.6 Å². The van der Waals surface area contributed by atoms with Crippen molar-refractivity contribution in [3.05, 3.63) is 39.7 Å². The van der Waals surface area contributed by atoms with Crippen molar-refractivity contribution in [3.8, 4) is 0 Å².